The Morgan fingerprint density at radius 1 is 1.30 bits per heavy atom. The molecule has 3 rings (SSSR count). The van der Waals surface area contributed by atoms with Gasteiger partial charge in [-0.3, -0.25) is 9.69 Å². The highest BCUT2D eigenvalue weighted by Crippen LogP contribution is 2.36. The van der Waals surface area contributed by atoms with E-state index in [0.29, 0.717) is 12.5 Å². The lowest BCUT2D eigenvalue weighted by Gasteiger charge is -2.35. The van der Waals surface area contributed by atoms with Gasteiger partial charge >= 0.3 is 0 Å². The number of carbonyl (C=O) groups excluding carboxylic acids is 1. The molecule has 0 bridgehead atoms. The van der Waals surface area contributed by atoms with Gasteiger partial charge in [-0.2, -0.15) is 0 Å². The predicted molar refractivity (Wildman–Crippen MR) is 91.5 cm³/mol. The molecule has 23 heavy (non-hydrogen) atoms. The third-order valence-electron chi connectivity index (χ3n) is 4.95. The number of halogens is 1. The van der Waals surface area contributed by atoms with Crippen molar-refractivity contribution in [2.45, 2.75) is 25.8 Å². The lowest BCUT2D eigenvalue weighted by atomic mass is 10.0. The highest BCUT2D eigenvalue weighted by molar-refractivity contribution is 6.30. The van der Waals surface area contributed by atoms with Gasteiger partial charge < -0.3 is 10.1 Å². The van der Waals surface area contributed by atoms with Gasteiger partial charge in [-0.1, -0.05) is 30.7 Å². The molecule has 1 amide bonds. The first-order valence-electron chi connectivity index (χ1n) is 8.50. The molecule has 1 aliphatic heterocycles. The number of hydrogen-bond acceptors (Lipinski definition) is 3. The van der Waals surface area contributed by atoms with Crippen LogP contribution in [-0.4, -0.2) is 43.7 Å². The molecule has 2 aliphatic rings. The van der Waals surface area contributed by atoms with Crippen molar-refractivity contribution in [3.05, 3.63) is 34.9 Å². The van der Waals surface area contributed by atoms with Crippen LogP contribution in [0.3, 0.4) is 0 Å². The Kier molecular flexibility index (Phi) is 5.57. The first-order chi connectivity index (χ1) is 11.1. The monoisotopic (exact) mass is 336 g/mol. The molecule has 4 nitrogen and oxygen atoms in total. The van der Waals surface area contributed by atoms with Gasteiger partial charge in [-0.25, -0.2) is 0 Å². The molecule has 2 fully saturated rings. The highest BCUT2D eigenvalue weighted by Gasteiger charge is 2.33. The van der Waals surface area contributed by atoms with Crippen LogP contribution < -0.4 is 5.32 Å². The normalized spacial score (nSPS) is 21.7. The van der Waals surface area contributed by atoms with E-state index in [2.05, 4.69) is 22.3 Å². The summed E-state index contributed by atoms with van der Waals surface area (Å²) in [5.41, 5.74) is 1.19. The smallest absolute Gasteiger partial charge is 0.223 e. The Labute approximate surface area is 143 Å². The zero-order chi connectivity index (χ0) is 16.2. The lowest BCUT2D eigenvalue weighted by Crippen LogP contribution is -2.44. The largest absolute Gasteiger partial charge is 0.379 e. The summed E-state index contributed by atoms with van der Waals surface area (Å²) in [7, 11) is 0. The third-order valence-corrected chi connectivity index (χ3v) is 5.21. The number of nitrogens with zero attached hydrogens (tertiary/aromatic N) is 1. The Balaban J connectivity index is 1.66. The van der Waals surface area contributed by atoms with E-state index in [1.807, 2.05) is 19.1 Å². The minimum absolute atomic E-state index is 0.130. The van der Waals surface area contributed by atoms with Gasteiger partial charge in [0.1, 0.15) is 0 Å². The Hall–Kier alpha value is -1.10. The maximum atomic E-state index is 12.3. The second-order valence-electron chi connectivity index (χ2n) is 6.59. The van der Waals surface area contributed by atoms with Crippen LogP contribution in [0.15, 0.2) is 24.3 Å². The summed E-state index contributed by atoms with van der Waals surface area (Å²) in [5.74, 6) is 0.901. The van der Waals surface area contributed by atoms with Gasteiger partial charge in [0.05, 0.1) is 19.3 Å². The maximum absolute atomic E-state index is 12.3. The fourth-order valence-corrected chi connectivity index (χ4v) is 3.33. The molecule has 126 valence electrons. The molecular formula is C18H25ClN2O2. The van der Waals surface area contributed by atoms with Crippen molar-refractivity contribution in [2.24, 2.45) is 11.8 Å². The molecule has 1 aromatic rings. The summed E-state index contributed by atoms with van der Waals surface area (Å²) in [5, 5.41) is 3.90. The molecule has 1 heterocycles. The molecule has 5 heteroatoms. The van der Waals surface area contributed by atoms with E-state index in [1.54, 1.807) is 0 Å². The van der Waals surface area contributed by atoms with Gasteiger partial charge in [0.15, 0.2) is 0 Å². The van der Waals surface area contributed by atoms with E-state index in [9.17, 15) is 4.79 Å². The van der Waals surface area contributed by atoms with Gasteiger partial charge in [-0.05, 0) is 36.5 Å². The first-order valence-corrected chi connectivity index (χ1v) is 8.88. The standard InChI is InChI=1S/C18H25ClN2O2/c1-13(14-2-3-14)18(22)20-12-17(21-8-10-23-11-9-21)15-4-6-16(19)7-5-15/h4-7,13-14,17H,2-3,8-12H2,1H3,(H,20,22). The number of rotatable bonds is 6. The number of ether oxygens (including phenoxy) is 1. The molecule has 1 aliphatic carbocycles. The van der Waals surface area contributed by atoms with Crippen LogP contribution in [-0.2, 0) is 9.53 Å². The van der Waals surface area contributed by atoms with Crippen LogP contribution in [0.4, 0.5) is 0 Å². The Bertz CT molecular complexity index is 524. The average molecular weight is 337 g/mol. The van der Waals surface area contributed by atoms with Crippen molar-refractivity contribution in [3.63, 3.8) is 0 Å². The second-order valence-corrected chi connectivity index (χ2v) is 7.02. The van der Waals surface area contributed by atoms with E-state index >= 15 is 0 Å². The van der Waals surface area contributed by atoms with Crippen LogP contribution in [0.2, 0.25) is 5.02 Å². The van der Waals surface area contributed by atoms with E-state index in [4.69, 9.17) is 16.3 Å². The van der Waals surface area contributed by atoms with Crippen molar-refractivity contribution >= 4 is 17.5 Å². The molecule has 1 N–H and O–H groups in total. The Morgan fingerprint density at radius 3 is 2.57 bits per heavy atom. The quantitative estimate of drug-likeness (QED) is 0.868. The Morgan fingerprint density at radius 2 is 1.96 bits per heavy atom. The SMILES string of the molecule is CC(C(=O)NCC(c1ccc(Cl)cc1)N1CCOCC1)C1CC1. The summed E-state index contributed by atoms with van der Waals surface area (Å²) in [6.07, 6.45) is 2.39. The fraction of sp³-hybridized carbons (Fsp3) is 0.611. The molecule has 1 saturated heterocycles. The van der Waals surface area contributed by atoms with Crippen LogP contribution in [0.1, 0.15) is 31.4 Å². The molecule has 0 aromatic heterocycles. The third kappa shape index (κ3) is 4.46. The molecule has 2 unspecified atom stereocenters. The van der Waals surface area contributed by atoms with Gasteiger partial charge in [-0.15, -0.1) is 0 Å². The molecule has 2 atom stereocenters. The van der Waals surface area contributed by atoms with Crippen molar-refractivity contribution in [1.82, 2.24) is 10.2 Å². The minimum Gasteiger partial charge on any atom is -0.379 e. The summed E-state index contributed by atoms with van der Waals surface area (Å²) >= 11 is 6.01. The zero-order valence-electron chi connectivity index (χ0n) is 13.6. The topological polar surface area (TPSA) is 41.6 Å². The van der Waals surface area contributed by atoms with Crippen LogP contribution in [0, 0.1) is 11.8 Å². The number of morpholine rings is 1. The summed E-state index contributed by atoms with van der Waals surface area (Å²) in [4.78, 5) is 14.7. The van der Waals surface area contributed by atoms with E-state index in [0.717, 1.165) is 31.3 Å². The van der Waals surface area contributed by atoms with Crippen LogP contribution in [0.25, 0.3) is 0 Å². The van der Waals surface area contributed by atoms with E-state index < -0.39 is 0 Å². The highest BCUT2D eigenvalue weighted by atomic mass is 35.5. The molecular weight excluding hydrogens is 312 g/mol. The number of benzene rings is 1. The first kappa shape index (κ1) is 16.7. The number of amides is 1. The maximum Gasteiger partial charge on any atom is 0.223 e. The van der Waals surface area contributed by atoms with E-state index in [1.165, 1.54) is 18.4 Å². The van der Waals surface area contributed by atoms with Crippen molar-refractivity contribution in [2.75, 3.05) is 32.8 Å². The fourth-order valence-electron chi connectivity index (χ4n) is 3.20. The summed E-state index contributed by atoms with van der Waals surface area (Å²) in [6.45, 7) is 5.95. The molecule has 0 radical (unpaired) electrons. The predicted octanol–water partition coefficient (Wildman–Crippen LogP) is 2.88. The van der Waals surface area contributed by atoms with Crippen LogP contribution >= 0.6 is 11.6 Å². The number of nitrogens with one attached hydrogen (secondary N) is 1. The minimum atomic E-state index is 0.130. The zero-order valence-corrected chi connectivity index (χ0v) is 14.4. The van der Waals surface area contributed by atoms with Gasteiger partial charge in [0.2, 0.25) is 5.91 Å². The van der Waals surface area contributed by atoms with Crippen LogP contribution in [0.5, 0.6) is 0 Å². The average Bonchev–Trinajstić information content (AvgIpc) is 3.41. The summed E-state index contributed by atoms with van der Waals surface area (Å²) < 4.78 is 5.46. The van der Waals surface area contributed by atoms with Crippen molar-refractivity contribution in [3.8, 4) is 0 Å². The van der Waals surface area contributed by atoms with Gasteiger partial charge in [0, 0.05) is 30.6 Å². The van der Waals surface area contributed by atoms with Crippen molar-refractivity contribution < 1.29 is 9.53 Å². The number of carbonyl (C=O) groups is 1. The van der Waals surface area contributed by atoms with Crippen molar-refractivity contribution in [1.29, 1.82) is 0 Å². The number of hydrogen-bond donors (Lipinski definition) is 1. The molecule has 1 saturated carbocycles. The second kappa shape index (κ2) is 7.65. The van der Waals surface area contributed by atoms with Gasteiger partial charge in [0.25, 0.3) is 0 Å². The lowest BCUT2D eigenvalue weighted by molar-refractivity contribution is -0.125. The summed E-state index contributed by atoms with van der Waals surface area (Å²) in [6, 6.07) is 8.11. The van der Waals surface area contributed by atoms with E-state index in [-0.39, 0.29) is 17.9 Å². The molecule has 1 aromatic carbocycles. The molecule has 0 spiro atoms.